The number of benzene rings is 1. The Morgan fingerprint density at radius 2 is 2.00 bits per heavy atom. The molecule has 0 amide bonds. The van der Waals surface area contributed by atoms with Crippen LogP contribution < -0.4 is 0 Å². The molecule has 0 bridgehead atoms. The molecule has 1 aromatic rings. The largest absolute Gasteiger partial charge is 0.296 e. The van der Waals surface area contributed by atoms with Gasteiger partial charge >= 0.3 is 0 Å². The van der Waals surface area contributed by atoms with Crippen LogP contribution in [0.3, 0.4) is 0 Å². The van der Waals surface area contributed by atoms with Crippen LogP contribution >= 0.6 is 23.2 Å². The molecule has 0 aromatic heterocycles. The molecular weight excluding hydrogens is 281 g/mol. The molecule has 106 valence electrons. The molecule has 0 heterocycles. The summed E-state index contributed by atoms with van der Waals surface area (Å²) in [4.78, 5) is 14.4. The van der Waals surface area contributed by atoms with E-state index < -0.39 is 0 Å². The maximum atomic E-state index is 12.2. The number of rotatable bonds is 7. The van der Waals surface area contributed by atoms with Crippen molar-refractivity contribution in [2.24, 2.45) is 5.92 Å². The van der Waals surface area contributed by atoms with Crippen molar-refractivity contribution >= 4 is 29.0 Å². The summed E-state index contributed by atoms with van der Waals surface area (Å²) in [5, 5.41) is 0.977. The maximum Gasteiger partial charge on any atom is 0.178 e. The van der Waals surface area contributed by atoms with E-state index in [0.29, 0.717) is 28.1 Å². The van der Waals surface area contributed by atoms with Gasteiger partial charge in [0.2, 0.25) is 0 Å². The van der Waals surface area contributed by atoms with Gasteiger partial charge in [-0.15, -0.1) is 0 Å². The van der Waals surface area contributed by atoms with Gasteiger partial charge in [-0.2, -0.15) is 0 Å². The highest BCUT2D eigenvalue weighted by Gasteiger charge is 2.15. The van der Waals surface area contributed by atoms with Crippen LogP contribution in [0.15, 0.2) is 18.2 Å². The number of hydrogen-bond donors (Lipinski definition) is 0. The molecule has 1 atom stereocenters. The van der Waals surface area contributed by atoms with Gasteiger partial charge in [0.25, 0.3) is 0 Å². The van der Waals surface area contributed by atoms with Crippen LogP contribution in [-0.2, 0) is 0 Å². The number of Topliss-reactive ketones (excluding diaryl/α,β-unsaturated/α-hetero) is 1. The fraction of sp³-hybridized carbons (Fsp3) is 0.533. The number of carbonyl (C=O) groups excluding carboxylic acids is 1. The van der Waals surface area contributed by atoms with Gasteiger partial charge in [-0.1, -0.05) is 50.4 Å². The number of hydrogen-bond acceptors (Lipinski definition) is 2. The van der Waals surface area contributed by atoms with Crippen molar-refractivity contribution in [1.29, 1.82) is 0 Å². The van der Waals surface area contributed by atoms with Crippen molar-refractivity contribution in [3.8, 4) is 0 Å². The van der Waals surface area contributed by atoms with Gasteiger partial charge in [0, 0.05) is 17.1 Å². The smallest absolute Gasteiger partial charge is 0.178 e. The van der Waals surface area contributed by atoms with Crippen LogP contribution in [0.4, 0.5) is 0 Å². The van der Waals surface area contributed by atoms with Gasteiger partial charge in [0.1, 0.15) is 0 Å². The van der Waals surface area contributed by atoms with Gasteiger partial charge in [-0.25, -0.2) is 0 Å². The zero-order valence-corrected chi connectivity index (χ0v) is 13.3. The minimum atomic E-state index is 0.0480. The summed E-state index contributed by atoms with van der Waals surface area (Å²) < 4.78 is 0. The fourth-order valence-corrected chi connectivity index (χ4v) is 2.39. The average molecular weight is 302 g/mol. The quantitative estimate of drug-likeness (QED) is 0.689. The summed E-state index contributed by atoms with van der Waals surface area (Å²) >= 11 is 11.9. The molecule has 1 aromatic carbocycles. The summed E-state index contributed by atoms with van der Waals surface area (Å²) in [5.41, 5.74) is 0.550. The van der Waals surface area contributed by atoms with Gasteiger partial charge in [-0.05, 0) is 30.7 Å². The molecular formula is C15H21Cl2NO. The Hall–Kier alpha value is -0.570. The zero-order chi connectivity index (χ0) is 14.4. The van der Waals surface area contributed by atoms with Gasteiger partial charge in [0.15, 0.2) is 5.78 Å². The monoisotopic (exact) mass is 301 g/mol. The minimum Gasteiger partial charge on any atom is -0.296 e. The van der Waals surface area contributed by atoms with Gasteiger partial charge in [0.05, 0.1) is 11.6 Å². The third-order valence-corrected chi connectivity index (χ3v) is 3.86. The number of halogens is 2. The van der Waals surface area contributed by atoms with E-state index in [1.165, 1.54) is 0 Å². The summed E-state index contributed by atoms with van der Waals surface area (Å²) in [7, 11) is 0. The van der Waals surface area contributed by atoms with E-state index in [1.807, 2.05) is 0 Å². The van der Waals surface area contributed by atoms with Crippen molar-refractivity contribution in [1.82, 2.24) is 4.90 Å². The molecule has 2 nitrogen and oxygen atoms in total. The predicted molar refractivity (Wildman–Crippen MR) is 82.4 cm³/mol. The first-order valence-electron chi connectivity index (χ1n) is 6.68. The Balaban J connectivity index is 2.71. The van der Waals surface area contributed by atoms with Crippen molar-refractivity contribution in [2.75, 3.05) is 19.6 Å². The topological polar surface area (TPSA) is 20.3 Å². The molecule has 0 fully saturated rings. The lowest BCUT2D eigenvalue weighted by molar-refractivity contribution is 0.0924. The van der Waals surface area contributed by atoms with Crippen molar-refractivity contribution in [3.63, 3.8) is 0 Å². The highest BCUT2D eigenvalue weighted by atomic mass is 35.5. The Kier molecular flexibility index (Phi) is 6.84. The van der Waals surface area contributed by atoms with Crippen molar-refractivity contribution < 1.29 is 4.79 Å². The molecule has 0 radical (unpaired) electrons. The molecule has 0 N–H and O–H groups in total. The molecule has 0 aliphatic rings. The summed E-state index contributed by atoms with van der Waals surface area (Å²) in [5.74, 6) is 0.639. The molecule has 0 saturated carbocycles. The molecule has 1 unspecified atom stereocenters. The Morgan fingerprint density at radius 1 is 1.32 bits per heavy atom. The standard InChI is InChI=1S/C15H21Cl2NO/c1-4-11(3)9-18(5-2)10-15(19)13-7-6-12(16)8-14(13)17/h6-8,11H,4-5,9-10H2,1-3H3. The van der Waals surface area contributed by atoms with E-state index in [1.54, 1.807) is 18.2 Å². The maximum absolute atomic E-state index is 12.2. The lowest BCUT2D eigenvalue weighted by Gasteiger charge is -2.23. The van der Waals surface area contributed by atoms with E-state index in [9.17, 15) is 4.79 Å². The first kappa shape index (κ1) is 16.5. The van der Waals surface area contributed by atoms with E-state index in [-0.39, 0.29) is 5.78 Å². The van der Waals surface area contributed by atoms with Crippen molar-refractivity contribution in [2.45, 2.75) is 27.2 Å². The van der Waals surface area contributed by atoms with E-state index in [2.05, 4.69) is 25.7 Å². The predicted octanol–water partition coefficient (Wildman–Crippen LogP) is 4.54. The zero-order valence-electron chi connectivity index (χ0n) is 11.7. The molecule has 0 spiro atoms. The van der Waals surface area contributed by atoms with Crippen LogP contribution in [0.2, 0.25) is 10.0 Å². The average Bonchev–Trinajstić information content (AvgIpc) is 2.37. The lowest BCUT2D eigenvalue weighted by Crippen LogP contribution is -2.33. The molecule has 0 aliphatic carbocycles. The Labute approximate surface area is 125 Å². The van der Waals surface area contributed by atoms with Crippen LogP contribution in [-0.4, -0.2) is 30.3 Å². The summed E-state index contributed by atoms with van der Waals surface area (Å²) in [6.45, 7) is 8.63. The van der Waals surface area contributed by atoms with Crippen LogP contribution in [0.25, 0.3) is 0 Å². The van der Waals surface area contributed by atoms with E-state index in [0.717, 1.165) is 19.5 Å². The molecule has 19 heavy (non-hydrogen) atoms. The number of ketones is 1. The Morgan fingerprint density at radius 3 is 2.53 bits per heavy atom. The SMILES string of the molecule is CCC(C)CN(CC)CC(=O)c1ccc(Cl)cc1Cl. The van der Waals surface area contributed by atoms with Gasteiger partial charge in [-0.3, -0.25) is 9.69 Å². The molecule has 0 saturated heterocycles. The van der Waals surface area contributed by atoms with Crippen LogP contribution in [0, 0.1) is 5.92 Å². The molecule has 4 heteroatoms. The second-order valence-electron chi connectivity index (χ2n) is 4.89. The number of likely N-dealkylation sites (N-methyl/N-ethyl adjacent to an activating group) is 1. The Bertz CT molecular complexity index is 434. The lowest BCUT2D eigenvalue weighted by atomic mass is 10.1. The fourth-order valence-electron chi connectivity index (χ4n) is 1.88. The van der Waals surface area contributed by atoms with E-state index in [4.69, 9.17) is 23.2 Å². The highest BCUT2D eigenvalue weighted by molar-refractivity contribution is 6.36. The van der Waals surface area contributed by atoms with Crippen LogP contribution in [0.5, 0.6) is 0 Å². The summed E-state index contributed by atoms with van der Waals surface area (Å²) in [6, 6.07) is 5.01. The molecule has 1 rings (SSSR count). The van der Waals surface area contributed by atoms with Crippen molar-refractivity contribution in [3.05, 3.63) is 33.8 Å². The van der Waals surface area contributed by atoms with Gasteiger partial charge < -0.3 is 0 Å². The number of nitrogens with zero attached hydrogens (tertiary/aromatic N) is 1. The third-order valence-electron chi connectivity index (χ3n) is 3.31. The number of carbonyl (C=O) groups is 1. The first-order chi connectivity index (χ1) is 8.97. The normalized spacial score (nSPS) is 12.7. The highest BCUT2D eigenvalue weighted by Crippen LogP contribution is 2.21. The third kappa shape index (κ3) is 5.13. The second kappa shape index (κ2) is 7.88. The second-order valence-corrected chi connectivity index (χ2v) is 5.73. The van der Waals surface area contributed by atoms with Crippen LogP contribution in [0.1, 0.15) is 37.6 Å². The molecule has 0 aliphatic heterocycles. The minimum absolute atomic E-state index is 0.0480. The first-order valence-corrected chi connectivity index (χ1v) is 7.44. The van der Waals surface area contributed by atoms with E-state index >= 15 is 0 Å². The summed E-state index contributed by atoms with van der Waals surface area (Å²) in [6.07, 6.45) is 1.12.